The molecule has 0 spiro atoms. The monoisotopic (exact) mass is 794 g/mol. The van der Waals surface area contributed by atoms with Gasteiger partial charge in [0.2, 0.25) is 0 Å². The lowest BCUT2D eigenvalue weighted by atomic mass is 9.95. The molecular weight excluding hydrogens is 761 g/mol. The zero-order valence-electron chi connectivity index (χ0n) is 32.8. The smallest absolute Gasteiger partial charge is 0.160 e. The van der Waals surface area contributed by atoms with E-state index < -0.39 is 0 Å². The Morgan fingerprint density at radius 3 is 1.69 bits per heavy atom. The van der Waals surface area contributed by atoms with Gasteiger partial charge in [0.25, 0.3) is 0 Å². The van der Waals surface area contributed by atoms with Crippen LogP contribution in [-0.4, -0.2) is 19.9 Å². The number of benzene rings is 8. The minimum atomic E-state index is 0.681. The average Bonchev–Trinajstić information content (AvgIpc) is 3.73. The van der Waals surface area contributed by atoms with E-state index in [1.807, 2.05) is 41.7 Å². The van der Waals surface area contributed by atoms with Crippen molar-refractivity contribution in [3.8, 4) is 67.5 Å². The van der Waals surface area contributed by atoms with Gasteiger partial charge in [-0.25, -0.2) is 19.9 Å². The predicted molar refractivity (Wildman–Crippen MR) is 256 cm³/mol. The molecule has 0 amide bonds. The molecule has 61 heavy (non-hydrogen) atoms. The first-order valence-electron chi connectivity index (χ1n) is 20.5. The Morgan fingerprint density at radius 2 is 0.902 bits per heavy atom. The second kappa shape index (κ2) is 14.5. The third kappa shape index (κ3) is 6.14. The Bertz CT molecular complexity index is 3620. The Balaban J connectivity index is 1.01. The van der Waals surface area contributed by atoms with Crippen LogP contribution in [0.3, 0.4) is 0 Å². The molecule has 0 aliphatic carbocycles. The number of thiophene rings is 1. The average molecular weight is 795 g/mol. The van der Waals surface area contributed by atoms with Gasteiger partial charge in [-0.05, 0) is 59.0 Å². The number of pyridine rings is 2. The van der Waals surface area contributed by atoms with Crippen LogP contribution in [0.15, 0.2) is 206 Å². The molecule has 0 saturated carbocycles. The van der Waals surface area contributed by atoms with Crippen molar-refractivity contribution >= 4 is 64.1 Å². The fourth-order valence-corrected chi connectivity index (χ4v) is 9.94. The normalized spacial score (nSPS) is 11.6. The fourth-order valence-electron chi connectivity index (χ4n) is 8.70. The first kappa shape index (κ1) is 35.1. The van der Waals surface area contributed by atoms with E-state index in [1.54, 1.807) is 0 Å². The van der Waals surface area contributed by atoms with Crippen LogP contribution in [0.1, 0.15) is 0 Å². The van der Waals surface area contributed by atoms with E-state index in [-0.39, 0.29) is 0 Å². The van der Waals surface area contributed by atoms with E-state index in [0.717, 1.165) is 83.2 Å². The molecule has 0 radical (unpaired) electrons. The topological polar surface area (TPSA) is 51.6 Å². The molecule has 8 aromatic carbocycles. The molecule has 4 aromatic heterocycles. The molecule has 0 fully saturated rings. The highest BCUT2D eigenvalue weighted by Gasteiger charge is 2.18. The van der Waals surface area contributed by atoms with Crippen molar-refractivity contribution in [3.63, 3.8) is 0 Å². The highest BCUT2D eigenvalue weighted by molar-refractivity contribution is 7.26. The van der Waals surface area contributed by atoms with Crippen molar-refractivity contribution in [1.29, 1.82) is 0 Å². The number of fused-ring (bicyclic) bond motifs is 8. The summed E-state index contributed by atoms with van der Waals surface area (Å²) in [5.74, 6) is 0.681. The number of aromatic nitrogens is 4. The van der Waals surface area contributed by atoms with Crippen molar-refractivity contribution < 1.29 is 0 Å². The molecule has 0 saturated heterocycles. The maximum absolute atomic E-state index is 5.37. The number of rotatable bonds is 6. The lowest BCUT2D eigenvalue weighted by Crippen LogP contribution is -1.97. The molecule has 0 atom stereocenters. The summed E-state index contributed by atoms with van der Waals surface area (Å²) in [6.45, 7) is 0. The van der Waals surface area contributed by atoms with Crippen LogP contribution in [-0.2, 0) is 0 Å². The van der Waals surface area contributed by atoms with Crippen molar-refractivity contribution in [2.45, 2.75) is 0 Å². The van der Waals surface area contributed by atoms with Gasteiger partial charge < -0.3 is 0 Å². The first-order chi connectivity index (χ1) is 30.2. The zero-order valence-corrected chi connectivity index (χ0v) is 33.6. The summed E-state index contributed by atoms with van der Waals surface area (Å²) >= 11 is 1.86. The molecular formula is C56H34N4S. The zero-order chi connectivity index (χ0) is 40.3. The van der Waals surface area contributed by atoms with Crippen LogP contribution >= 0.6 is 11.3 Å². The molecule has 0 unspecified atom stereocenters. The fraction of sp³-hybridized carbons (Fsp3) is 0. The van der Waals surface area contributed by atoms with Crippen LogP contribution in [0.4, 0.5) is 0 Å². The molecule has 12 rings (SSSR count). The minimum absolute atomic E-state index is 0.681. The Labute approximate surface area is 356 Å². The third-order valence-electron chi connectivity index (χ3n) is 11.7. The Hall–Kier alpha value is -7.86. The van der Waals surface area contributed by atoms with Gasteiger partial charge >= 0.3 is 0 Å². The van der Waals surface area contributed by atoms with Gasteiger partial charge in [0.1, 0.15) is 0 Å². The lowest BCUT2D eigenvalue weighted by Gasteiger charge is -2.15. The van der Waals surface area contributed by atoms with Gasteiger partial charge in [0, 0.05) is 64.1 Å². The third-order valence-corrected chi connectivity index (χ3v) is 12.9. The van der Waals surface area contributed by atoms with E-state index in [1.165, 1.54) is 31.3 Å². The van der Waals surface area contributed by atoms with Crippen LogP contribution in [0, 0.1) is 0 Å². The van der Waals surface area contributed by atoms with E-state index in [9.17, 15) is 0 Å². The van der Waals surface area contributed by atoms with E-state index >= 15 is 0 Å². The summed E-state index contributed by atoms with van der Waals surface area (Å²) in [7, 11) is 0. The summed E-state index contributed by atoms with van der Waals surface area (Å²) in [6, 6.07) is 72.5. The van der Waals surface area contributed by atoms with Crippen molar-refractivity contribution in [2.24, 2.45) is 0 Å². The molecule has 4 nitrogen and oxygen atoms in total. The highest BCUT2D eigenvalue weighted by Crippen LogP contribution is 2.42. The molecule has 0 aliphatic heterocycles. The summed E-state index contributed by atoms with van der Waals surface area (Å²) in [4.78, 5) is 20.9. The molecule has 4 heterocycles. The summed E-state index contributed by atoms with van der Waals surface area (Å²) in [6.07, 6.45) is 0. The van der Waals surface area contributed by atoms with Crippen LogP contribution in [0.25, 0.3) is 120 Å². The summed E-state index contributed by atoms with van der Waals surface area (Å²) in [5.41, 5.74) is 13.0. The second-order valence-corrected chi connectivity index (χ2v) is 16.4. The standard InChI is InChI=1S/C56H34N4S/c1-4-13-36(14-5-1)47-31-29-45-48(57-47)32-28-43-46-33-40(27-30-49(46)58-54(53(43)45)38-15-6-2-7-16-38)51-34-50(59-56(60-51)39-17-8-3-9-18-39)37-25-23-35(24-26-37)41-20-12-21-44-42-19-10-11-22-52(42)61-55(41)44/h1-34H. The molecule has 5 heteroatoms. The number of hydrogen-bond donors (Lipinski definition) is 0. The Morgan fingerprint density at radius 1 is 0.311 bits per heavy atom. The van der Waals surface area contributed by atoms with Crippen LogP contribution < -0.4 is 0 Å². The molecule has 12 aromatic rings. The maximum Gasteiger partial charge on any atom is 0.160 e. The van der Waals surface area contributed by atoms with Gasteiger partial charge in [-0.1, -0.05) is 164 Å². The number of hydrogen-bond acceptors (Lipinski definition) is 5. The van der Waals surface area contributed by atoms with Crippen LogP contribution in [0.2, 0.25) is 0 Å². The lowest BCUT2D eigenvalue weighted by molar-refractivity contribution is 1.18. The van der Waals surface area contributed by atoms with E-state index in [4.69, 9.17) is 19.9 Å². The van der Waals surface area contributed by atoms with E-state index in [0.29, 0.717) is 5.82 Å². The van der Waals surface area contributed by atoms with Gasteiger partial charge in [-0.3, -0.25) is 0 Å². The van der Waals surface area contributed by atoms with Gasteiger partial charge in [0.15, 0.2) is 5.82 Å². The highest BCUT2D eigenvalue weighted by atomic mass is 32.1. The summed E-state index contributed by atoms with van der Waals surface area (Å²) in [5, 5.41) is 6.93. The SMILES string of the molecule is c1ccc(-c2ccc3c(ccc4c5cc(-c6cc(-c7ccc(-c8cccc9c8sc8ccccc89)cc7)nc(-c7ccccc7)n6)ccc5nc(-c5ccccc5)c34)n2)cc1. The predicted octanol–water partition coefficient (Wildman–Crippen LogP) is 15.1. The van der Waals surface area contributed by atoms with Crippen molar-refractivity contribution in [1.82, 2.24) is 19.9 Å². The van der Waals surface area contributed by atoms with E-state index in [2.05, 4.69) is 176 Å². The molecule has 0 N–H and O–H groups in total. The first-order valence-corrected chi connectivity index (χ1v) is 21.3. The van der Waals surface area contributed by atoms with Gasteiger partial charge in [0.05, 0.1) is 33.8 Å². The van der Waals surface area contributed by atoms with Crippen LogP contribution in [0.5, 0.6) is 0 Å². The van der Waals surface area contributed by atoms with Gasteiger partial charge in [-0.2, -0.15) is 0 Å². The minimum Gasteiger partial charge on any atom is -0.248 e. The summed E-state index contributed by atoms with van der Waals surface area (Å²) < 4.78 is 2.61. The van der Waals surface area contributed by atoms with Gasteiger partial charge in [-0.15, -0.1) is 11.3 Å². The Kier molecular flexibility index (Phi) is 8.32. The molecule has 0 bridgehead atoms. The number of nitrogens with zero attached hydrogens (tertiary/aromatic N) is 4. The second-order valence-electron chi connectivity index (χ2n) is 15.4. The maximum atomic E-state index is 5.37. The largest absolute Gasteiger partial charge is 0.248 e. The molecule has 0 aliphatic rings. The van der Waals surface area contributed by atoms with Crippen molar-refractivity contribution in [3.05, 3.63) is 206 Å². The quantitative estimate of drug-likeness (QED) is 0.157. The molecule has 284 valence electrons. The van der Waals surface area contributed by atoms with Crippen molar-refractivity contribution in [2.75, 3.05) is 0 Å².